The molecule has 0 N–H and O–H groups in total. The SMILES string of the molecule is Cc1ccc2nc(/C=C/c3ccc(OCc4cscn4)cc3)ccc2c1. The van der Waals surface area contributed by atoms with E-state index in [9.17, 15) is 0 Å². The first-order valence-electron chi connectivity index (χ1n) is 8.42. The van der Waals surface area contributed by atoms with Crippen molar-refractivity contribution in [2.45, 2.75) is 13.5 Å². The van der Waals surface area contributed by atoms with Gasteiger partial charge in [0.25, 0.3) is 0 Å². The molecule has 0 saturated heterocycles. The molecule has 0 radical (unpaired) electrons. The number of pyridine rings is 1. The lowest BCUT2D eigenvalue weighted by Gasteiger charge is -2.04. The average Bonchev–Trinajstić information content (AvgIpc) is 3.19. The van der Waals surface area contributed by atoms with Crippen molar-refractivity contribution in [1.29, 1.82) is 0 Å². The Kier molecular flexibility index (Phi) is 4.75. The van der Waals surface area contributed by atoms with Gasteiger partial charge in [-0.05, 0) is 48.9 Å². The molecule has 4 heteroatoms. The number of benzene rings is 2. The molecule has 0 aliphatic heterocycles. The summed E-state index contributed by atoms with van der Waals surface area (Å²) in [6, 6.07) is 18.5. The van der Waals surface area contributed by atoms with E-state index in [2.05, 4.69) is 47.2 Å². The number of hydrogen-bond donors (Lipinski definition) is 0. The van der Waals surface area contributed by atoms with Gasteiger partial charge < -0.3 is 4.74 Å². The predicted octanol–water partition coefficient (Wildman–Crippen LogP) is 5.75. The van der Waals surface area contributed by atoms with Gasteiger partial charge in [-0.1, -0.05) is 35.9 Å². The fourth-order valence-corrected chi connectivity index (χ4v) is 3.22. The van der Waals surface area contributed by atoms with Gasteiger partial charge in [0.05, 0.1) is 22.4 Å². The Morgan fingerprint density at radius 1 is 1.00 bits per heavy atom. The molecule has 2 aromatic heterocycles. The van der Waals surface area contributed by atoms with Crippen LogP contribution in [0, 0.1) is 6.92 Å². The topological polar surface area (TPSA) is 35.0 Å². The third kappa shape index (κ3) is 3.98. The second-order valence-electron chi connectivity index (χ2n) is 6.10. The Balaban J connectivity index is 1.44. The highest BCUT2D eigenvalue weighted by molar-refractivity contribution is 7.07. The van der Waals surface area contributed by atoms with Crippen LogP contribution >= 0.6 is 11.3 Å². The highest BCUT2D eigenvalue weighted by Gasteiger charge is 1.99. The molecular weight excluding hydrogens is 340 g/mol. The maximum absolute atomic E-state index is 5.73. The van der Waals surface area contributed by atoms with Gasteiger partial charge in [-0.3, -0.25) is 0 Å². The van der Waals surface area contributed by atoms with E-state index in [-0.39, 0.29) is 0 Å². The van der Waals surface area contributed by atoms with Crippen molar-refractivity contribution in [2.24, 2.45) is 0 Å². The Labute approximate surface area is 156 Å². The smallest absolute Gasteiger partial charge is 0.131 e. The molecular formula is C22H18N2OS. The van der Waals surface area contributed by atoms with Crippen LogP contribution in [0.4, 0.5) is 0 Å². The molecule has 0 fully saturated rings. The average molecular weight is 358 g/mol. The lowest BCUT2D eigenvalue weighted by atomic mass is 10.1. The van der Waals surface area contributed by atoms with Crippen LogP contribution in [-0.2, 0) is 6.61 Å². The summed E-state index contributed by atoms with van der Waals surface area (Å²) in [5.74, 6) is 0.842. The number of aromatic nitrogens is 2. The van der Waals surface area contributed by atoms with Gasteiger partial charge in [0.2, 0.25) is 0 Å². The molecule has 128 valence electrons. The maximum Gasteiger partial charge on any atom is 0.131 e. The van der Waals surface area contributed by atoms with Crippen molar-refractivity contribution in [3.63, 3.8) is 0 Å². The van der Waals surface area contributed by atoms with Crippen molar-refractivity contribution in [1.82, 2.24) is 9.97 Å². The zero-order chi connectivity index (χ0) is 17.8. The quantitative estimate of drug-likeness (QED) is 0.456. The number of hydrogen-bond acceptors (Lipinski definition) is 4. The van der Waals surface area contributed by atoms with Gasteiger partial charge in [0.15, 0.2) is 0 Å². The maximum atomic E-state index is 5.73. The fraction of sp³-hybridized carbons (Fsp3) is 0.0909. The molecule has 0 amide bonds. The Morgan fingerprint density at radius 2 is 1.88 bits per heavy atom. The molecule has 26 heavy (non-hydrogen) atoms. The van der Waals surface area contributed by atoms with E-state index < -0.39 is 0 Å². The number of aryl methyl sites for hydroxylation is 1. The zero-order valence-corrected chi connectivity index (χ0v) is 15.2. The largest absolute Gasteiger partial charge is 0.487 e. The standard InChI is InChI=1S/C22H18N2OS/c1-16-2-11-22-18(12-16)6-8-19(24-22)7-3-17-4-9-21(10-5-17)25-13-20-14-26-15-23-20/h2-12,14-15H,13H2,1H3/b7-3+. The number of rotatable bonds is 5. The van der Waals surface area contributed by atoms with Gasteiger partial charge >= 0.3 is 0 Å². The summed E-state index contributed by atoms with van der Waals surface area (Å²) >= 11 is 1.58. The van der Waals surface area contributed by atoms with E-state index in [1.165, 1.54) is 10.9 Å². The van der Waals surface area contributed by atoms with Crippen molar-refractivity contribution < 1.29 is 4.74 Å². The van der Waals surface area contributed by atoms with E-state index in [1.807, 2.05) is 47.3 Å². The van der Waals surface area contributed by atoms with Gasteiger partial charge in [-0.25, -0.2) is 9.97 Å². The third-order valence-corrected chi connectivity index (χ3v) is 4.70. The van der Waals surface area contributed by atoms with Crippen LogP contribution in [0.15, 0.2) is 65.5 Å². The normalized spacial score (nSPS) is 11.3. The van der Waals surface area contributed by atoms with Crippen LogP contribution < -0.4 is 4.74 Å². The predicted molar refractivity (Wildman–Crippen MR) is 108 cm³/mol. The molecule has 0 atom stereocenters. The molecule has 0 unspecified atom stereocenters. The minimum Gasteiger partial charge on any atom is -0.487 e. The monoisotopic (exact) mass is 358 g/mol. The summed E-state index contributed by atoms with van der Waals surface area (Å²) in [6.45, 7) is 2.59. The van der Waals surface area contributed by atoms with Gasteiger partial charge in [-0.2, -0.15) is 0 Å². The Hall–Kier alpha value is -2.98. The van der Waals surface area contributed by atoms with Gasteiger partial charge in [0, 0.05) is 10.8 Å². The zero-order valence-electron chi connectivity index (χ0n) is 14.4. The summed E-state index contributed by atoms with van der Waals surface area (Å²) in [7, 11) is 0. The highest BCUT2D eigenvalue weighted by atomic mass is 32.1. The second-order valence-corrected chi connectivity index (χ2v) is 6.82. The van der Waals surface area contributed by atoms with Crippen molar-refractivity contribution in [3.05, 3.63) is 88.0 Å². The lowest BCUT2D eigenvalue weighted by Crippen LogP contribution is -1.94. The van der Waals surface area contributed by atoms with E-state index in [1.54, 1.807) is 11.3 Å². The molecule has 4 rings (SSSR count). The molecule has 2 aromatic carbocycles. The van der Waals surface area contributed by atoms with Crippen LogP contribution in [0.2, 0.25) is 0 Å². The number of fused-ring (bicyclic) bond motifs is 1. The first kappa shape index (κ1) is 16.5. The minimum absolute atomic E-state index is 0.499. The van der Waals surface area contributed by atoms with Crippen LogP contribution in [-0.4, -0.2) is 9.97 Å². The van der Waals surface area contributed by atoms with Crippen molar-refractivity contribution in [2.75, 3.05) is 0 Å². The van der Waals surface area contributed by atoms with E-state index in [0.717, 1.165) is 28.2 Å². The summed E-state index contributed by atoms with van der Waals surface area (Å²) in [5, 5.41) is 3.17. The Bertz CT molecular complexity index is 1040. The van der Waals surface area contributed by atoms with Crippen molar-refractivity contribution >= 4 is 34.4 Å². The summed E-state index contributed by atoms with van der Waals surface area (Å²) < 4.78 is 5.73. The number of nitrogens with zero attached hydrogens (tertiary/aromatic N) is 2. The summed E-state index contributed by atoms with van der Waals surface area (Å²) in [6.07, 6.45) is 4.09. The summed E-state index contributed by atoms with van der Waals surface area (Å²) in [4.78, 5) is 8.90. The van der Waals surface area contributed by atoms with Crippen molar-refractivity contribution in [3.8, 4) is 5.75 Å². The third-order valence-electron chi connectivity index (χ3n) is 4.06. The van der Waals surface area contributed by atoms with Crippen LogP contribution in [0.3, 0.4) is 0 Å². The Morgan fingerprint density at radius 3 is 2.69 bits per heavy atom. The van der Waals surface area contributed by atoms with Gasteiger partial charge in [0.1, 0.15) is 12.4 Å². The molecule has 0 spiro atoms. The molecule has 0 aliphatic rings. The molecule has 2 heterocycles. The highest BCUT2D eigenvalue weighted by Crippen LogP contribution is 2.18. The molecule has 3 nitrogen and oxygen atoms in total. The number of thiazole rings is 1. The van der Waals surface area contributed by atoms with E-state index in [4.69, 9.17) is 4.74 Å². The van der Waals surface area contributed by atoms with E-state index >= 15 is 0 Å². The summed E-state index contributed by atoms with van der Waals surface area (Å²) in [5.41, 5.74) is 7.09. The van der Waals surface area contributed by atoms with Crippen LogP contribution in [0.5, 0.6) is 5.75 Å². The minimum atomic E-state index is 0.499. The first-order valence-corrected chi connectivity index (χ1v) is 9.36. The number of ether oxygens (including phenoxy) is 1. The van der Waals surface area contributed by atoms with Crippen LogP contribution in [0.25, 0.3) is 23.1 Å². The second kappa shape index (κ2) is 7.50. The molecule has 0 bridgehead atoms. The molecule has 0 saturated carbocycles. The van der Waals surface area contributed by atoms with Gasteiger partial charge in [-0.15, -0.1) is 11.3 Å². The van der Waals surface area contributed by atoms with E-state index in [0.29, 0.717) is 6.61 Å². The molecule has 4 aromatic rings. The van der Waals surface area contributed by atoms with Crippen LogP contribution in [0.1, 0.15) is 22.5 Å². The lowest BCUT2D eigenvalue weighted by molar-refractivity contribution is 0.302. The molecule has 0 aliphatic carbocycles. The fourth-order valence-electron chi connectivity index (χ4n) is 2.68. The first-order chi connectivity index (χ1) is 12.8.